The predicted molar refractivity (Wildman–Crippen MR) is 150 cm³/mol. The molecule has 6 heteroatoms. The molecule has 0 N–H and O–H groups in total. The molecule has 0 atom stereocenters. The number of benzene rings is 3. The standard InChI is InChI=1S/C31H38N4O2/c1-4-7-14-30-32-31(25-15-19-27(20-16-25)36-24-11-23-34(5-2)6-3)33-35(30)26-17-21-29(22-18-26)37-28-12-9-8-10-13-28/h8-10,12-13,15-22H,4-7,11,14,23-24H2,1-3H3. The van der Waals surface area contributed by atoms with Gasteiger partial charge >= 0.3 is 0 Å². The van der Waals surface area contributed by atoms with E-state index in [1.807, 2.05) is 83.5 Å². The SMILES string of the molecule is CCCCc1nc(-c2ccc(OCCCN(CC)CC)cc2)nn1-c1ccc(Oc2ccccc2)cc1. The highest BCUT2D eigenvalue weighted by molar-refractivity contribution is 5.56. The van der Waals surface area contributed by atoms with Gasteiger partial charge in [-0.1, -0.05) is 45.4 Å². The second-order valence-electron chi connectivity index (χ2n) is 9.03. The highest BCUT2D eigenvalue weighted by atomic mass is 16.5. The molecule has 0 aliphatic carbocycles. The van der Waals surface area contributed by atoms with E-state index < -0.39 is 0 Å². The summed E-state index contributed by atoms with van der Waals surface area (Å²) in [6, 6.07) is 25.9. The summed E-state index contributed by atoms with van der Waals surface area (Å²) < 4.78 is 13.9. The first-order chi connectivity index (χ1) is 18.2. The minimum Gasteiger partial charge on any atom is -0.494 e. The Morgan fingerprint density at radius 1 is 0.757 bits per heavy atom. The van der Waals surface area contributed by atoms with Crippen molar-refractivity contribution in [2.24, 2.45) is 0 Å². The number of aromatic nitrogens is 3. The molecule has 0 bridgehead atoms. The van der Waals surface area contributed by atoms with E-state index in [0.29, 0.717) is 6.61 Å². The molecule has 0 unspecified atom stereocenters. The Morgan fingerprint density at radius 3 is 2.11 bits per heavy atom. The van der Waals surface area contributed by atoms with Crippen molar-refractivity contribution in [3.8, 4) is 34.3 Å². The van der Waals surface area contributed by atoms with E-state index in [-0.39, 0.29) is 0 Å². The fourth-order valence-corrected chi connectivity index (χ4v) is 4.17. The van der Waals surface area contributed by atoms with E-state index in [4.69, 9.17) is 19.6 Å². The number of rotatable bonds is 14. The van der Waals surface area contributed by atoms with E-state index in [0.717, 1.165) is 85.5 Å². The fraction of sp³-hybridized carbons (Fsp3) is 0.355. The normalized spacial score (nSPS) is 11.1. The molecule has 1 heterocycles. The van der Waals surface area contributed by atoms with E-state index in [9.17, 15) is 0 Å². The summed E-state index contributed by atoms with van der Waals surface area (Å²) in [5, 5.41) is 4.88. The van der Waals surface area contributed by atoms with E-state index in [1.54, 1.807) is 0 Å². The molecular weight excluding hydrogens is 460 g/mol. The Morgan fingerprint density at radius 2 is 1.43 bits per heavy atom. The number of aryl methyl sites for hydroxylation is 1. The van der Waals surface area contributed by atoms with Crippen LogP contribution in [0.25, 0.3) is 17.1 Å². The molecule has 0 aliphatic heterocycles. The second-order valence-corrected chi connectivity index (χ2v) is 9.03. The van der Waals surface area contributed by atoms with Crippen molar-refractivity contribution in [1.29, 1.82) is 0 Å². The molecule has 37 heavy (non-hydrogen) atoms. The molecule has 194 valence electrons. The van der Waals surface area contributed by atoms with Crippen LogP contribution in [-0.4, -0.2) is 45.9 Å². The molecule has 0 radical (unpaired) electrons. The predicted octanol–water partition coefficient (Wildman–Crippen LogP) is 7.18. The first-order valence-corrected chi connectivity index (χ1v) is 13.4. The van der Waals surface area contributed by atoms with Crippen LogP contribution in [0.15, 0.2) is 78.9 Å². The molecule has 1 aromatic heterocycles. The van der Waals surface area contributed by atoms with Crippen LogP contribution in [0.2, 0.25) is 0 Å². The quantitative estimate of drug-likeness (QED) is 0.172. The van der Waals surface area contributed by atoms with Gasteiger partial charge in [0.25, 0.3) is 0 Å². The molecular formula is C31H38N4O2. The first-order valence-electron chi connectivity index (χ1n) is 13.4. The minimum atomic E-state index is 0.716. The van der Waals surface area contributed by atoms with Crippen LogP contribution in [0.1, 0.15) is 45.9 Å². The molecule has 0 saturated carbocycles. The van der Waals surface area contributed by atoms with Gasteiger partial charge in [0.05, 0.1) is 12.3 Å². The second kappa shape index (κ2) is 13.6. The van der Waals surface area contributed by atoms with Crippen molar-refractivity contribution in [3.05, 3.63) is 84.7 Å². The number of ether oxygens (including phenoxy) is 2. The lowest BCUT2D eigenvalue weighted by molar-refractivity contribution is 0.249. The van der Waals surface area contributed by atoms with Gasteiger partial charge in [-0.15, -0.1) is 5.10 Å². The molecule has 0 amide bonds. The third-order valence-corrected chi connectivity index (χ3v) is 6.38. The van der Waals surface area contributed by atoms with Crippen LogP contribution in [0.4, 0.5) is 0 Å². The number of unbranched alkanes of at least 4 members (excludes halogenated alkanes) is 1. The van der Waals surface area contributed by atoms with Crippen LogP contribution in [0, 0.1) is 0 Å². The van der Waals surface area contributed by atoms with Crippen molar-refractivity contribution >= 4 is 0 Å². The van der Waals surface area contributed by atoms with Gasteiger partial charge in [-0.3, -0.25) is 0 Å². The number of hydrogen-bond donors (Lipinski definition) is 0. The maximum absolute atomic E-state index is 5.96. The summed E-state index contributed by atoms with van der Waals surface area (Å²) in [7, 11) is 0. The van der Waals surface area contributed by atoms with Gasteiger partial charge in [0, 0.05) is 18.5 Å². The van der Waals surface area contributed by atoms with E-state index >= 15 is 0 Å². The Hall–Kier alpha value is -3.64. The van der Waals surface area contributed by atoms with Crippen LogP contribution in [0.3, 0.4) is 0 Å². The summed E-state index contributed by atoms with van der Waals surface area (Å²) >= 11 is 0. The average Bonchev–Trinajstić information content (AvgIpc) is 3.37. The zero-order valence-corrected chi connectivity index (χ0v) is 22.3. The number of nitrogens with zero attached hydrogens (tertiary/aromatic N) is 4. The van der Waals surface area contributed by atoms with E-state index in [1.165, 1.54) is 0 Å². The molecule has 0 saturated heterocycles. The molecule has 3 aromatic carbocycles. The number of para-hydroxylation sites is 1. The molecule has 4 rings (SSSR count). The van der Waals surface area contributed by atoms with Crippen LogP contribution in [0.5, 0.6) is 17.2 Å². The third kappa shape index (κ3) is 7.43. The van der Waals surface area contributed by atoms with Gasteiger partial charge in [0.2, 0.25) is 0 Å². The minimum absolute atomic E-state index is 0.716. The van der Waals surface area contributed by atoms with Crippen LogP contribution in [-0.2, 0) is 6.42 Å². The fourth-order valence-electron chi connectivity index (χ4n) is 4.17. The van der Waals surface area contributed by atoms with Gasteiger partial charge in [0.15, 0.2) is 5.82 Å². The zero-order valence-electron chi connectivity index (χ0n) is 22.3. The topological polar surface area (TPSA) is 52.4 Å². The first kappa shape index (κ1) is 26.4. The molecule has 0 aliphatic rings. The van der Waals surface area contributed by atoms with Crippen LogP contribution >= 0.6 is 0 Å². The highest BCUT2D eigenvalue weighted by Gasteiger charge is 2.13. The lowest BCUT2D eigenvalue weighted by atomic mass is 10.2. The lowest BCUT2D eigenvalue weighted by Crippen LogP contribution is -2.25. The van der Waals surface area contributed by atoms with Gasteiger partial charge < -0.3 is 14.4 Å². The Balaban J connectivity index is 1.45. The Bertz CT molecular complexity index is 1200. The van der Waals surface area contributed by atoms with Crippen LogP contribution < -0.4 is 9.47 Å². The molecule has 0 fully saturated rings. The van der Waals surface area contributed by atoms with Gasteiger partial charge in [0.1, 0.15) is 23.1 Å². The Labute approximate surface area is 220 Å². The van der Waals surface area contributed by atoms with Gasteiger partial charge in [-0.2, -0.15) is 0 Å². The lowest BCUT2D eigenvalue weighted by Gasteiger charge is -2.17. The largest absolute Gasteiger partial charge is 0.494 e. The van der Waals surface area contributed by atoms with Crippen molar-refractivity contribution in [2.75, 3.05) is 26.2 Å². The number of hydrogen-bond acceptors (Lipinski definition) is 5. The van der Waals surface area contributed by atoms with E-state index in [2.05, 4.69) is 25.7 Å². The maximum Gasteiger partial charge on any atom is 0.181 e. The summed E-state index contributed by atoms with van der Waals surface area (Å²) in [6.45, 7) is 10.5. The zero-order chi connectivity index (χ0) is 25.9. The summed E-state index contributed by atoms with van der Waals surface area (Å²) in [4.78, 5) is 7.31. The molecule has 4 aromatic rings. The summed E-state index contributed by atoms with van der Waals surface area (Å²) in [6.07, 6.45) is 4.06. The Kier molecular flexibility index (Phi) is 9.72. The van der Waals surface area contributed by atoms with Crippen molar-refractivity contribution < 1.29 is 9.47 Å². The highest BCUT2D eigenvalue weighted by Crippen LogP contribution is 2.25. The smallest absolute Gasteiger partial charge is 0.181 e. The maximum atomic E-state index is 5.96. The van der Waals surface area contributed by atoms with Gasteiger partial charge in [-0.25, -0.2) is 9.67 Å². The van der Waals surface area contributed by atoms with Gasteiger partial charge in [-0.05, 0) is 86.6 Å². The van der Waals surface area contributed by atoms with Crippen molar-refractivity contribution in [1.82, 2.24) is 19.7 Å². The molecule has 6 nitrogen and oxygen atoms in total. The average molecular weight is 499 g/mol. The molecule has 0 spiro atoms. The van der Waals surface area contributed by atoms with Crippen molar-refractivity contribution in [3.63, 3.8) is 0 Å². The summed E-state index contributed by atoms with van der Waals surface area (Å²) in [5.74, 6) is 4.17. The third-order valence-electron chi connectivity index (χ3n) is 6.38. The monoisotopic (exact) mass is 498 g/mol. The summed E-state index contributed by atoms with van der Waals surface area (Å²) in [5.41, 5.74) is 1.95. The van der Waals surface area contributed by atoms with Crippen molar-refractivity contribution in [2.45, 2.75) is 46.5 Å².